The number of carbonyl (C=O) groups is 4. The van der Waals surface area contributed by atoms with E-state index in [9.17, 15) is 19.2 Å². The Kier molecular flexibility index (Phi) is 2.78. The second-order valence-corrected chi connectivity index (χ2v) is 7.89. The van der Waals surface area contributed by atoms with Crippen molar-refractivity contribution in [2.75, 3.05) is 0 Å². The Balaban J connectivity index is 1.70. The zero-order valence-electron chi connectivity index (χ0n) is 15.8. The molecule has 2 heterocycles. The highest BCUT2D eigenvalue weighted by Crippen LogP contribution is 2.48. The summed E-state index contributed by atoms with van der Waals surface area (Å²) in [5.74, 6) is -2.64. The zero-order valence-corrected chi connectivity index (χ0v) is 15.8. The molecule has 0 spiro atoms. The Morgan fingerprint density at radius 1 is 0.548 bits per heavy atom. The van der Waals surface area contributed by atoms with Gasteiger partial charge in [-0.1, -0.05) is 24.3 Å². The van der Waals surface area contributed by atoms with Gasteiger partial charge in [0.1, 0.15) is 0 Å². The lowest BCUT2D eigenvalue weighted by atomic mass is 9.84. The molecule has 0 saturated carbocycles. The maximum atomic E-state index is 12.5. The summed E-state index contributed by atoms with van der Waals surface area (Å²) in [6.45, 7) is 0. The van der Waals surface area contributed by atoms with Crippen LogP contribution < -0.4 is 0 Å². The van der Waals surface area contributed by atoms with Crippen molar-refractivity contribution in [2.45, 2.75) is 6.42 Å². The lowest BCUT2D eigenvalue weighted by Gasteiger charge is -2.22. The van der Waals surface area contributed by atoms with Crippen molar-refractivity contribution in [1.29, 1.82) is 0 Å². The fourth-order valence-electron chi connectivity index (χ4n) is 5.15. The average molecular weight is 406 g/mol. The van der Waals surface area contributed by atoms with Crippen LogP contribution in [0.4, 0.5) is 0 Å². The van der Waals surface area contributed by atoms with E-state index >= 15 is 0 Å². The predicted octanol–water partition coefficient (Wildman–Crippen LogP) is 3.85. The van der Waals surface area contributed by atoms with Gasteiger partial charge in [-0.2, -0.15) is 0 Å². The van der Waals surface area contributed by atoms with Gasteiger partial charge in [0, 0.05) is 10.9 Å². The van der Waals surface area contributed by atoms with Crippen LogP contribution in [0.1, 0.15) is 47.8 Å². The Bertz CT molecular complexity index is 1550. The van der Waals surface area contributed by atoms with Crippen molar-refractivity contribution in [3.8, 4) is 11.1 Å². The summed E-state index contributed by atoms with van der Waals surface area (Å²) in [6.07, 6.45) is 4.03. The molecule has 6 nitrogen and oxygen atoms in total. The average Bonchev–Trinajstić information content (AvgIpc) is 3.03. The number of carbonyl (C=O) groups excluding carboxylic acids is 4. The zero-order chi connectivity index (χ0) is 21.0. The standard InChI is InChI=1S/C25H10O6/c26-22-14-2-1-10-9-18-12(4-7-15(19(14)18)23(27)30-22)13-5-8-17-21-16(24(28)31-25(17)29)6-3-11(10)20(13)21/h1-8H,9H2. The number of hydrogen-bond acceptors (Lipinski definition) is 6. The highest BCUT2D eigenvalue weighted by molar-refractivity contribution is 6.29. The van der Waals surface area contributed by atoms with Gasteiger partial charge in [-0.25, -0.2) is 19.2 Å². The Labute approximate surface area is 174 Å². The lowest BCUT2D eigenvalue weighted by Crippen LogP contribution is -2.23. The van der Waals surface area contributed by atoms with Gasteiger partial charge >= 0.3 is 23.9 Å². The number of cyclic esters (lactones) is 4. The third-order valence-electron chi connectivity index (χ3n) is 6.45. The lowest BCUT2D eigenvalue weighted by molar-refractivity contribution is -0.131. The van der Waals surface area contributed by atoms with E-state index in [4.69, 9.17) is 9.47 Å². The third-order valence-corrected chi connectivity index (χ3v) is 6.45. The van der Waals surface area contributed by atoms with Crippen LogP contribution >= 0.6 is 0 Å². The van der Waals surface area contributed by atoms with E-state index in [1.54, 1.807) is 24.3 Å². The first-order valence-electron chi connectivity index (χ1n) is 9.73. The first kappa shape index (κ1) is 16.5. The van der Waals surface area contributed by atoms with E-state index in [1.165, 1.54) is 0 Å². The van der Waals surface area contributed by atoms with Crippen molar-refractivity contribution < 1.29 is 28.7 Å². The van der Waals surface area contributed by atoms with Gasteiger partial charge in [-0.3, -0.25) is 0 Å². The van der Waals surface area contributed by atoms with E-state index in [1.807, 2.05) is 24.3 Å². The monoisotopic (exact) mass is 406 g/mol. The minimum Gasteiger partial charge on any atom is -0.386 e. The van der Waals surface area contributed by atoms with Crippen molar-refractivity contribution in [1.82, 2.24) is 0 Å². The number of esters is 4. The van der Waals surface area contributed by atoms with Gasteiger partial charge in [0.05, 0.1) is 22.3 Å². The minimum absolute atomic E-state index is 0.350. The molecule has 0 amide bonds. The molecule has 7 rings (SSSR count). The molecule has 31 heavy (non-hydrogen) atoms. The van der Waals surface area contributed by atoms with Gasteiger partial charge in [-0.15, -0.1) is 0 Å². The van der Waals surface area contributed by atoms with Crippen LogP contribution in [0.15, 0.2) is 48.6 Å². The molecule has 0 N–H and O–H groups in total. The van der Waals surface area contributed by atoms with Crippen LogP contribution in [0.25, 0.3) is 33.0 Å². The van der Waals surface area contributed by atoms with Crippen molar-refractivity contribution in [2.24, 2.45) is 0 Å². The maximum Gasteiger partial charge on any atom is 0.346 e. The molecule has 0 aromatic heterocycles. The fraction of sp³-hybridized carbons (Fsp3) is 0.0400. The molecule has 0 atom stereocenters. The molecule has 3 aromatic rings. The SMILES string of the molecule is O=C1OC(=O)c2ccc3c4c2C1=CC=C(C4)c1ccc2c4c(ccc-3c14)C(=O)OC2=O. The number of fused-ring (bicyclic) bond motifs is 3. The molecule has 0 unspecified atom stereocenters. The Morgan fingerprint density at radius 2 is 1.10 bits per heavy atom. The molecular weight excluding hydrogens is 396 g/mol. The summed E-state index contributed by atoms with van der Waals surface area (Å²) in [6, 6.07) is 10.5. The maximum absolute atomic E-state index is 12.5. The van der Waals surface area contributed by atoms with Crippen LogP contribution in [-0.2, 0) is 20.7 Å². The predicted molar refractivity (Wildman–Crippen MR) is 109 cm³/mol. The highest BCUT2D eigenvalue weighted by atomic mass is 16.6. The fourth-order valence-corrected chi connectivity index (χ4v) is 5.15. The second kappa shape index (κ2) is 5.23. The topological polar surface area (TPSA) is 86.7 Å². The molecule has 2 aliphatic heterocycles. The van der Waals surface area contributed by atoms with E-state index < -0.39 is 23.9 Å². The summed E-state index contributed by atoms with van der Waals surface area (Å²) >= 11 is 0. The summed E-state index contributed by atoms with van der Waals surface area (Å²) in [5, 5.41) is 1.37. The Hall–Kier alpha value is -4.32. The molecule has 4 aliphatic rings. The first-order valence-corrected chi connectivity index (χ1v) is 9.73. The smallest absolute Gasteiger partial charge is 0.346 e. The quantitative estimate of drug-likeness (QED) is 0.416. The molecular formula is C25H10O6. The molecule has 2 aliphatic carbocycles. The van der Waals surface area contributed by atoms with E-state index in [0.717, 1.165) is 33.2 Å². The van der Waals surface area contributed by atoms with Crippen LogP contribution in [-0.4, -0.2) is 23.9 Å². The minimum atomic E-state index is -0.663. The molecule has 0 fully saturated rings. The summed E-state index contributed by atoms with van der Waals surface area (Å²) in [5.41, 5.74) is 6.36. The molecule has 0 saturated heterocycles. The molecule has 6 heteroatoms. The van der Waals surface area contributed by atoms with Crippen LogP contribution in [0.2, 0.25) is 0 Å². The van der Waals surface area contributed by atoms with Gasteiger partial charge in [0.2, 0.25) is 0 Å². The third kappa shape index (κ3) is 1.87. The number of allylic oxidation sites excluding steroid dienone is 3. The van der Waals surface area contributed by atoms with Crippen molar-refractivity contribution in [3.63, 3.8) is 0 Å². The van der Waals surface area contributed by atoms with E-state index in [-0.39, 0.29) is 0 Å². The normalized spacial score (nSPS) is 17.4. The van der Waals surface area contributed by atoms with Crippen molar-refractivity contribution in [3.05, 3.63) is 81.9 Å². The summed E-state index contributed by atoms with van der Waals surface area (Å²) < 4.78 is 9.83. The van der Waals surface area contributed by atoms with Gasteiger partial charge in [0.25, 0.3) is 0 Å². The van der Waals surface area contributed by atoms with Gasteiger partial charge < -0.3 is 9.47 Å². The highest BCUT2D eigenvalue weighted by Gasteiger charge is 2.37. The molecule has 0 radical (unpaired) electrons. The van der Waals surface area contributed by atoms with Crippen LogP contribution in [0, 0.1) is 0 Å². The number of rotatable bonds is 0. The number of ether oxygens (including phenoxy) is 2. The molecule has 2 bridgehead atoms. The van der Waals surface area contributed by atoms with Crippen LogP contribution in [0.3, 0.4) is 0 Å². The summed E-state index contributed by atoms with van der Waals surface area (Å²) in [4.78, 5) is 49.7. The summed E-state index contributed by atoms with van der Waals surface area (Å²) in [7, 11) is 0. The molecule has 3 aromatic carbocycles. The van der Waals surface area contributed by atoms with Gasteiger partial charge in [0.15, 0.2) is 0 Å². The van der Waals surface area contributed by atoms with E-state index in [0.29, 0.717) is 39.6 Å². The number of benzene rings is 3. The van der Waals surface area contributed by atoms with Crippen LogP contribution in [0.5, 0.6) is 0 Å². The Morgan fingerprint density at radius 3 is 1.87 bits per heavy atom. The number of hydrogen-bond donors (Lipinski definition) is 0. The van der Waals surface area contributed by atoms with Gasteiger partial charge in [-0.05, 0) is 63.9 Å². The first-order chi connectivity index (χ1) is 15.0. The van der Waals surface area contributed by atoms with Crippen molar-refractivity contribution >= 4 is 45.8 Å². The molecule has 146 valence electrons. The van der Waals surface area contributed by atoms with E-state index in [2.05, 4.69) is 0 Å². The largest absolute Gasteiger partial charge is 0.386 e. The second-order valence-electron chi connectivity index (χ2n) is 7.89.